The number of halogens is 2. The molecule has 0 saturated heterocycles. The topological polar surface area (TPSA) is 26.3 Å². The highest BCUT2D eigenvalue weighted by Gasteiger charge is 2.05. The van der Waals surface area contributed by atoms with E-state index >= 15 is 0 Å². The van der Waals surface area contributed by atoms with Crippen molar-refractivity contribution < 1.29 is 13.9 Å². The maximum atomic E-state index is 12.9. The summed E-state index contributed by atoms with van der Waals surface area (Å²) in [5.41, 5.74) is 0.693. The van der Waals surface area contributed by atoms with Crippen LogP contribution in [0.15, 0.2) is 53.0 Å². The third-order valence-corrected chi connectivity index (χ3v) is 3.31. The smallest absolute Gasteiger partial charge is 0.163 e. The molecular weight excluding hydrogens is 323 g/mol. The molecule has 2 rings (SSSR count). The minimum Gasteiger partial charge on any atom is -0.493 e. The summed E-state index contributed by atoms with van der Waals surface area (Å²) in [6, 6.07) is 13.3. The standard InChI is InChI=1S/C16H14BrFO2/c17-13-8-6-12(7-9-13)16(19)5-2-10-20-15-4-1-3-14(18)11-15/h1,3-4,6-9,11H,2,5,10H2. The van der Waals surface area contributed by atoms with Gasteiger partial charge in [0.05, 0.1) is 6.61 Å². The van der Waals surface area contributed by atoms with Crippen LogP contribution >= 0.6 is 15.9 Å². The summed E-state index contributed by atoms with van der Waals surface area (Å²) < 4.78 is 19.3. The predicted octanol–water partition coefficient (Wildman–Crippen LogP) is 4.63. The minimum absolute atomic E-state index is 0.0837. The van der Waals surface area contributed by atoms with E-state index in [1.165, 1.54) is 12.1 Å². The highest BCUT2D eigenvalue weighted by Crippen LogP contribution is 2.14. The fourth-order valence-corrected chi connectivity index (χ4v) is 2.02. The molecule has 0 unspecified atom stereocenters. The Morgan fingerprint density at radius 3 is 2.60 bits per heavy atom. The maximum absolute atomic E-state index is 12.9. The summed E-state index contributed by atoms with van der Waals surface area (Å²) in [4.78, 5) is 11.9. The third kappa shape index (κ3) is 4.46. The lowest BCUT2D eigenvalue weighted by molar-refractivity contribution is 0.0973. The van der Waals surface area contributed by atoms with Gasteiger partial charge in [-0.1, -0.05) is 34.1 Å². The van der Waals surface area contributed by atoms with Gasteiger partial charge >= 0.3 is 0 Å². The molecule has 0 heterocycles. The van der Waals surface area contributed by atoms with E-state index in [1.807, 2.05) is 12.1 Å². The molecule has 0 saturated carbocycles. The first-order valence-electron chi connectivity index (χ1n) is 6.32. The molecule has 0 aromatic heterocycles. The third-order valence-electron chi connectivity index (χ3n) is 2.78. The van der Waals surface area contributed by atoms with Crippen LogP contribution in [0.2, 0.25) is 0 Å². The van der Waals surface area contributed by atoms with Gasteiger partial charge in [0, 0.05) is 22.5 Å². The molecule has 0 fully saturated rings. The van der Waals surface area contributed by atoms with Crippen molar-refractivity contribution in [2.24, 2.45) is 0 Å². The molecule has 2 aromatic carbocycles. The Bertz CT molecular complexity index is 581. The number of ether oxygens (including phenoxy) is 1. The van der Waals surface area contributed by atoms with E-state index < -0.39 is 0 Å². The molecule has 0 spiro atoms. The predicted molar refractivity (Wildman–Crippen MR) is 79.6 cm³/mol. The zero-order valence-electron chi connectivity index (χ0n) is 10.8. The van der Waals surface area contributed by atoms with Crippen molar-refractivity contribution >= 4 is 21.7 Å². The molecular formula is C16H14BrFO2. The Morgan fingerprint density at radius 2 is 1.90 bits per heavy atom. The van der Waals surface area contributed by atoms with E-state index in [0.29, 0.717) is 30.8 Å². The van der Waals surface area contributed by atoms with E-state index in [1.54, 1.807) is 24.3 Å². The lowest BCUT2D eigenvalue weighted by Crippen LogP contribution is -2.03. The zero-order chi connectivity index (χ0) is 14.4. The van der Waals surface area contributed by atoms with Crippen LogP contribution in [0.1, 0.15) is 23.2 Å². The van der Waals surface area contributed by atoms with Gasteiger partial charge in [-0.25, -0.2) is 4.39 Å². The molecule has 4 heteroatoms. The second-order valence-corrected chi connectivity index (χ2v) is 5.26. The molecule has 0 N–H and O–H groups in total. The van der Waals surface area contributed by atoms with Crippen molar-refractivity contribution in [1.82, 2.24) is 0 Å². The molecule has 0 amide bonds. The van der Waals surface area contributed by atoms with E-state index in [-0.39, 0.29) is 11.6 Å². The molecule has 0 aliphatic rings. The van der Waals surface area contributed by atoms with Gasteiger partial charge in [-0.05, 0) is 30.7 Å². The molecule has 0 atom stereocenters. The molecule has 0 aliphatic heterocycles. The monoisotopic (exact) mass is 336 g/mol. The van der Waals surface area contributed by atoms with E-state index in [9.17, 15) is 9.18 Å². The molecule has 0 radical (unpaired) electrons. The largest absolute Gasteiger partial charge is 0.493 e. The van der Waals surface area contributed by atoms with Crippen molar-refractivity contribution in [3.8, 4) is 5.75 Å². The summed E-state index contributed by atoms with van der Waals surface area (Å²) in [7, 11) is 0. The van der Waals surface area contributed by atoms with Gasteiger partial charge in [-0.3, -0.25) is 4.79 Å². The van der Waals surface area contributed by atoms with Crippen molar-refractivity contribution in [2.75, 3.05) is 6.61 Å². The number of carbonyl (C=O) groups is 1. The quantitative estimate of drug-likeness (QED) is 0.567. The van der Waals surface area contributed by atoms with E-state index in [4.69, 9.17) is 4.74 Å². The van der Waals surface area contributed by atoms with Gasteiger partial charge in [-0.2, -0.15) is 0 Å². The fourth-order valence-electron chi connectivity index (χ4n) is 1.76. The second kappa shape index (κ2) is 7.20. The molecule has 2 aromatic rings. The Morgan fingerprint density at radius 1 is 1.15 bits per heavy atom. The summed E-state index contributed by atoms with van der Waals surface area (Å²) >= 11 is 3.33. The first kappa shape index (κ1) is 14.7. The molecule has 0 bridgehead atoms. The number of carbonyl (C=O) groups excluding carboxylic acids is 1. The van der Waals surface area contributed by atoms with Gasteiger partial charge < -0.3 is 4.74 Å². The molecule has 104 valence electrons. The minimum atomic E-state index is -0.326. The lowest BCUT2D eigenvalue weighted by Gasteiger charge is -2.06. The van der Waals surface area contributed by atoms with E-state index in [2.05, 4.69) is 15.9 Å². The fraction of sp³-hybridized carbons (Fsp3) is 0.188. The van der Waals surface area contributed by atoms with Crippen molar-refractivity contribution in [2.45, 2.75) is 12.8 Å². The van der Waals surface area contributed by atoms with Crippen LogP contribution in [0.4, 0.5) is 4.39 Å². The van der Waals surface area contributed by atoms with Crippen LogP contribution in [0, 0.1) is 5.82 Å². The Labute approximate surface area is 125 Å². The first-order chi connectivity index (χ1) is 9.65. The molecule has 0 aliphatic carbocycles. The van der Waals surface area contributed by atoms with Gasteiger partial charge in [0.15, 0.2) is 5.78 Å². The summed E-state index contributed by atoms with van der Waals surface area (Å²) in [6.45, 7) is 0.395. The number of ketones is 1. The van der Waals surface area contributed by atoms with E-state index in [0.717, 1.165) is 4.47 Å². The van der Waals surface area contributed by atoms with Crippen molar-refractivity contribution in [3.05, 3.63) is 64.4 Å². The average molecular weight is 337 g/mol. The number of hydrogen-bond donors (Lipinski definition) is 0. The zero-order valence-corrected chi connectivity index (χ0v) is 12.4. The Hall–Kier alpha value is -1.68. The van der Waals surface area contributed by atoms with Crippen LogP contribution in [0.5, 0.6) is 5.75 Å². The van der Waals surface area contributed by atoms with Crippen LogP contribution in [-0.4, -0.2) is 12.4 Å². The average Bonchev–Trinajstić information content (AvgIpc) is 2.44. The summed E-state index contributed by atoms with van der Waals surface area (Å²) in [6.07, 6.45) is 1.02. The van der Waals surface area contributed by atoms with Crippen LogP contribution in [0.3, 0.4) is 0 Å². The van der Waals surface area contributed by atoms with Crippen LogP contribution < -0.4 is 4.74 Å². The SMILES string of the molecule is O=C(CCCOc1cccc(F)c1)c1ccc(Br)cc1. The Kier molecular flexibility index (Phi) is 5.30. The van der Waals surface area contributed by atoms with Crippen LogP contribution in [0.25, 0.3) is 0 Å². The first-order valence-corrected chi connectivity index (χ1v) is 7.11. The van der Waals surface area contributed by atoms with Gasteiger partial charge in [0.25, 0.3) is 0 Å². The van der Waals surface area contributed by atoms with Crippen molar-refractivity contribution in [3.63, 3.8) is 0 Å². The molecule has 20 heavy (non-hydrogen) atoms. The number of benzene rings is 2. The molecule has 2 nitrogen and oxygen atoms in total. The lowest BCUT2D eigenvalue weighted by atomic mass is 10.1. The van der Waals surface area contributed by atoms with Gasteiger partial charge in [0.1, 0.15) is 11.6 Å². The second-order valence-electron chi connectivity index (χ2n) is 4.34. The highest BCUT2D eigenvalue weighted by atomic mass is 79.9. The number of hydrogen-bond acceptors (Lipinski definition) is 2. The highest BCUT2D eigenvalue weighted by molar-refractivity contribution is 9.10. The van der Waals surface area contributed by atoms with Crippen LogP contribution in [-0.2, 0) is 0 Å². The summed E-state index contributed by atoms with van der Waals surface area (Å²) in [5.74, 6) is 0.245. The normalized spacial score (nSPS) is 10.3. The number of rotatable bonds is 6. The maximum Gasteiger partial charge on any atom is 0.163 e. The summed E-state index contributed by atoms with van der Waals surface area (Å²) in [5, 5.41) is 0. The number of Topliss-reactive ketones (excluding diaryl/α,β-unsaturated/α-hetero) is 1. The Balaban J connectivity index is 1.76. The van der Waals surface area contributed by atoms with Crippen molar-refractivity contribution in [1.29, 1.82) is 0 Å². The van der Waals surface area contributed by atoms with Gasteiger partial charge in [-0.15, -0.1) is 0 Å². The van der Waals surface area contributed by atoms with Gasteiger partial charge in [0.2, 0.25) is 0 Å².